The molecule has 2 aromatic carbocycles. The number of carbonyl (C=O) groups is 2. The highest BCUT2D eigenvalue weighted by Gasteiger charge is 2.52. The minimum absolute atomic E-state index is 0.159. The van der Waals surface area contributed by atoms with Gasteiger partial charge < -0.3 is 40.0 Å². The van der Waals surface area contributed by atoms with Crippen LogP contribution in [0.15, 0.2) is 61.7 Å². The van der Waals surface area contributed by atoms with Crippen LogP contribution >= 0.6 is 11.6 Å². The van der Waals surface area contributed by atoms with Crippen molar-refractivity contribution < 1.29 is 37.2 Å². The number of ether oxygens (including phenoxy) is 2. The fraction of sp³-hybridized carbons (Fsp3) is 0.458. The first-order valence-electron chi connectivity index (χ1n) is 22.9. The summed E-state index contributed by atoms with van der Waals surface area (Å²) >= 11 is 5.59. The van der Waals surface area contributed by atoms with Gasteiger partial charge in [0.15, 0.2) is 5.82 Å². The molecule has 4 aromatic heterocycles. The Hall–Kier alpha value is -6.85. The normalized spacial score (nSPS) is 14.7. The van der Waals surface area contributed by atoms with Gasteiger partial charge in [-0.25, -0.2) is 38.3 Å². The number of rotatable bonds is 10. The summed E-state index contributed by atoms with van der Waals surface area (Å²) in [6.45, 7) is 25.3. The maximum absolute atomic E-state index is 15.2. The Kier molecular flexibility index (Phi) is 17.7. The molecule has 5 heterocycles. The number of aryl methyl sites for hydroxylation is 2. The van der Waals surface area contributed by atoms with E-state index >= 15 is 8.78 Å². The zero-order valence-corrected chi connectivity index (χ0v) is 44.3. The van der Waals surface area contributed by atoms with E-state index in [-0.39, 0.29) is 28.4 Å². The molecule has 72 heavy (non-hydrogen) atoms. The van der Waals surface area contributed by atoms with Crippen molar-refractivity contribution in [1.82, 2.24) is 60.1 Å². The minimum atomic E-state index is -0.767. The van der Waals surface area contributed by atoms with Gasteiger partial charge in [-0.3, -0.25) is 9.36 Å². The van der Waals surface area contributed by atoms with Crippen molar-refractivity contribution in [1.29, 1.82) is 0 Å². The van der Waals surface area contributed by atoms with Gasteiger partial charge in [-0.15, -0.1) is 0 Å². The zero-order chi connectivity index (χ0) is 53.5. The van der Waals surface area contributed by atoms with Gasteiger partial charge in [0.25, 0.3) is 0 Å². The molecule has 0 aliphatic carbocycles. The topological polar surface area (TPSA) is 232 Å². The second-order valence-electron chi connectivity index (χ2n) is 19.9. The smallest absolute Gasteiger partial charge is 0.444 e. The molecule has 1 aliphatic rings. The quantitative estimate of drug-likeness (QED) is 0.0937. The molecule has 0 unspecified atom stereocenters. The van der Waals surface area contributed by atoms with Crippen molar-refractivity contribution in [2.75, 3.05) is 10.6 Å². The van der Waals surface area contributed by atoms with Crippen LogP contribution in [0.5, 0.6) is 0 Å². The lowest BCUT2D eigenvalue weighted by Gasteiger charge is -2.32. The molecule has 24 heteroatoms. The lowest BCUT2D eigenvalue weighted by Crippen LogP contribution is -2.41. The lowest BCUT2D eigenvalue weighted by molar-refractivity contribution is 0.00578. The van der Waals surface area contributed by atoms with Gasteiger partial charge in [0.1, 0.15) is 35.5 Å². The van der Waals surface area contributed by atoms with Gasteiger partial charge in [0.2, 0.25) is 17.2 Å². The molecule has 386 valence electrons. The third-order valence-electron chi connectivity index (χ3n) is 11.1. The van der Waals surface area contributed by atoms with Gasteiger partial charge in [-0.05, 0) is 137 Å². The van der Waals surface area contributed by atoms with Crippen molar-refractivity contribution in [3.8, 4) is 11.4 Å². The SMILES string of the molecule is Cc1c([C@@H](C)NC(=O)OC(C)(C)C)ccc(-c2ncnc(Nc3cnn(C)c3)n2)c1F.Cc1c([C@@H](C)NC(=O)OC(C)(C)C)ccc(B2OC(C)(C)C(C)(C)O2)c1F.Cn1cc(Nc2ncnc(Cl)n2)cn1. The third-order valence-corrected chi connectivity index (χ3v) is 11.3. The first-order chi connectivity index (χ1) is 33.4. The van der Waals surface area contributed by atoms with Crippen molar-refractivity contribution in [3.05, 3.63) is 101 Å². The van der Waals surface area contributed by atoms with Crippen LogP contribution in [0.3, 0.4) is 0 Å². The summed E-state index contributed by atoms with van der Waals surface area (Å²) in [5.41, 5.74) is 1.97. The summed E-state index contributed by atoms with van der Waals surface area (Å²) in [4.78, 5) is 48.0. The third kappa shape index (κ3) is 15.3. The van der Waals surface area contributed by atoms with E-state index in [2.05, 4.69) is 61.4 Å². The van der Waals surface area contributed by atoms with Gasteiger partial charge in [0, 0.05) is 32.0 Å². The number of anilines is 4. The lowest BCUT2D eigenvalue weighted by atomic mass is 9.76. The molecule has 0 radical (unpaired) electrons. The van der Waals surface area contributed by atoms with Crippen LogP contribution in [0.25, 0.3) is 11.4 Å². The summed E-state index contributed by atoms with van der Waals surface area (Å²) in [6, 6.07) is 5.94. The van der Waals surface area contributed by atoms with E-state index in [1.54, 1.807) is 135 Å². The van der Waals surface area contributed by atoms with Crippen LogP contribution in [-0.2, 0) is 32.9 Å². The highest BCUT2D eigenvalue weighted by molar-refractivity contribution is 6.62. The van der Waals surface area contributed by atoms with E-state index in [9.17, 15) is 9.59 Å². The highest BCUT2D eigenvalue weighted by Crippen LogP contribution is 2.37. The number of benzene rings is 2. The Bertz CT molecular complexity index is 2840. The molecule has 0 bridgehead atoms. The Balaban J connectivity index is 0.000000214. The summed E-state index contributed by atoms with van der Waals surface area (Å²) in [5, 5.41) is 19.6. The molecule has 2 atom stereocenters. The number of hydrogen-bond donors (Lipinski definition) is 4. The van der Waals surface area contributed by atoms with Crippen LogP contribution < -0.4 is 26.7 Å². The molecular weight excluding hydrogens is 953 g/mol. The van der Waals surface area contributed by atoms with E-state index in [4.69, 9.17) is 30.4 Å². The maximum atomic E-state index is 15.2. The van der Waals surface area contributed by atoms with Gasteiger partial charge in [-0.1, -0.05) is 18.2 Å². The molecule has 20 nitrogen and oxygen atoms in total. The first-order valence-corrected chi connectivity index (χ1v) is 23.3. The number of aromatic nitrogens is 10. The van der Waals surface area contributed by atoms with E-state index in [0.29, 0.717) is 39.4 Å². The predicted molar refractivity (Wildman–Crippen MR) is 270 cm³/mol. The van der Waals surface area contributed by atoms with Crippen molar-refractivity contribution in [2.45, 2.75) is 131 Å². The summed E-state index contributed by atoms with van der Waals surface area (Å²) in [5.74, 6) is 0.0242. The molecule has 1 fully saturated rings. The summed E-state index contributed by atoms with van der Waals surface area (Å²) in [7, 11) is 2.85. The van der Waals surface area contributed by atoms with Gasteiger partial charge >= 0.3 is 19.3 Å². The molecule has 4 N–H and O–H groups in total. The molecule has 1 saturated heterocycles. The van der Waals surface area contributed by atoms with E-state index in [0.717, 1.165) is 5.69 Å². The standard InChI is InChI=1S/C21H26FN7O2.C20H31BFNO4.C7H7ClN6/c1-12-15(13(2)26-20(30)31-21(3,4)5)7-8-16(17(12)22)18-23-11-24-19(28-18)27-14-9-25-29(6)10-14;1-12-14(13(2)23-17(24)25-18(3,4)5)10-11-15(16(12)22)21-26-19(6,7)20(8,9)27-21;1-14-3-5(2-11-14)12-7-10-4-9-6(8)13-7/h7-11,13H,1-6H3,(H,26,30)(H,23,24,27,28);10-11,13H,1-9H3,(H,23,24);2-4H,1H3,(H,9,10,12,13)/t2*13-;/m11./s1. The van der Waals surface area contributed by atoms with Crippen LogP contribution in [0, 0.1) is 25.5 Å². The maximum Gasteiger partial charge on any atom is 0.497 e. The fourth-order valence-electron chi connectivity index (χ4n) is 6.86. The highest BCUT2D eigenvalue weighted by atomic mass is 35.5. The Morgan fingerprint density at radius 1 is 0.694 bits per heavy atom. The van der Waals surface area contributed by atoms with Crippen LogP contribution in [0.1, 0.15) is 117 Å². The number of hydrogen-bond acceptors (Lipinski definition) is 16. The Morgan fingerprint density at radius 2 is 1.14 bits per heavy atom. The monoisotopic (exact) mass is 1020 g/mol. The average molecular weight is 1020 g/mol. The number of nitrogens with zero attached hydrogens (tertiary/aromatic N) is 10. The number of alkyl carbamates (subject to hydrolysis) is 2. The second-order valence-corrected chi connectivity index (χ2v) is 20.3. The largest absolute Gasteiger partial charge is 0.497 e. The average Bonchev–Trinajstić information content (AvgIpc) is 3.92. The molecule has 2 amide bonds. The molecule has 1 aliphatic heterocycles. The van der Waals surface area contributed by atoms with Gasteiger partial charge in [-0.2, -0.15) is 20.2 Å². The first kappa shape index (κ1) is 56.1. The van der Waals surface area contributed by atoms with Crippen molar-refractivity contribution >= 4 is 59.6 Å². The van der Waals surface area contributed by atoms with Crippen LogP contribution in [-0.4, -0.2) is 91.2 Å². The van der Waals surface area contributed by atoms with E-state index in [1.165, 1.54) is 12.7 Å². The summed E-state index contributed by atoms with van der Waals surface area (Å²) in [6.07, 6.45) is 8.42. The second kappa shape index (κ2) is 22.7. The predicted octanol–water partition coefficient (Wildman–Crippen LogP) is 9.07. The molecule has 6 aromatic rings. The number of nitrogens with one attached hydrogen (secondary N) is 4. The Morgan fingerprint density at radius 3 is 1.58 bits per heavy atom. The fourth-order valence-corrected chi connectivity index (χ4v) is 6.98. The molecule has 0 saturated carbocycles. The Labute approximate surface area is 424 Å². The van der Waals surface area contributed by atoms with Crippen LogP contribution in [0.4, 0.5) is 41.6 Å². The van der Waals surface area contributed by atoms with Crippen molar-refractivity contribution in [2.24, 2.45) is 14.1 Å². The summed E-state index contributed by atoms with van der Waals surface area (Å²) < 4.78 is 56.0. The van der Waals surface area contributed by atoms with Crippen LogP contribution in [0.2, 0.25) is 5.28 Å². The number of amides is 2. The molecule has 0 spiro atoms. The van der Waals surface area contributed by atoms with Gasteiger partial charge in [0.05, 0.1) is 52.6 Å². The zero-order valence-electron chi connectivity index (χ0n) is 43.6. The minimum Gasteiger partial charge on any atom is -0.444 e. The van der Waals surface area contributed by atoms with E-state index < -0.39 is 59.6 Å². The van der Waals surface area contributed by atoms with Crippen molar-refractivity contribution in [3.63, 3.8) is 0 Å². The molecular formula is C48H64BClF2N14O6. The number of carbonyl (C=O) groups excluding carboxylic acids is 2. The van der Waals surface area contributed by atoms with E-state index in [1.807, 2.05) is 34.7 Å². The molecule has 7 rings (SSSR count). The number of halogens is 3.